The number of anilines is 1. The van der Waals surface area contributed by atoms with E-state index in [2.05, 4.69) is 10.3 Å². The molecular formula is C15H16N4O4S. The van der Waals surface area contributed by atoms with E-state index in [0.717, 1.165) is 20.9 Å². The van der Waals surface area contributed by atoms with E-state index in [-0.39, 0.29) is 19.0 Å². The number of hydrogen-bond acceptors (Lipinski definition) is 6. The molecule has 0 bridgehead atoms. The third-order valence-electron chi connectivity index (χ3n) is 3.45. The lowest BCUT2D eigenvalue weighted by Gasteiger charge is -2.12. The molecule has 1 fully saturated rings. The van der Waals surface area contributed by atoms with E-state index < -0.39 is 11.9 Å². The molecule has 1 aromatic carbocycles. The average Bonchev–Trinajstić information content (AvgIpc) is 3.02. The summed E-state index contributed by atoms with van der Waals surface area (Å²) < 4.78 is 6.31. The highest BCUT2D eigenvalue weighted by Crippen LogP contribution is 2.29. The minimum absolute atomic E-state index is 0.00649. The van der Waals surface area contributed by atoms with Crippen LogP contribution < -0.4 is 10.1 Å². The molecular weight excluding hydrogens is 332 g/mol. The van der Waals surface area contributed by atoms with Gasteiger partial charge in [-0.3, -0.25) is 14.5 Å². The van der Waals surface area contributed by atoms with Crippen molar-refractivity contribution >= 4 is 44.5 Å². The fraction of sp³-hybridized carbons (Fsp3) is 0.333. The Balaban J connectivity index is 1.69. The second-order valence-corrected chi connectivity index (χ2v) is 6.28. The third kappa shape index (κ3) is 3.16. The maximum Gasteiger partial charge on any atom is 0.327 e. The molecule has 4 amide bonds. The second-order valence-electron chi connectivity index (χ2n) is 5.25. The van der Waals surface area contributed by atoms with Crippen LogP contribution in [0.1, 0.15) is 6.92 Å². The number of likely N-dealkylation sites (N-methyl/N-ethyl adjacent to an activating group) is 1. The van der Waals surface area contributed by atoms with Crippen LogP contribution in [0.3, 0.4) is 0 Å². The van der Waals surface area contributed by atoms with E-state index in [9.17, 15) is 14.4 Å². The van der Waals surface area contributed by atoms with Crippen molar-refractivity contribution in [1.29, 1.82) is 0 Å². The molecule has 3 rings (SSSR count). The molecule has 0 radical (unpaired) electrons. The van der Waals surface area contributed by atoms with E-state index in [4.69, 9.17) is 4.74 Å². The number of hydrogen-bond donors (Lipinski definition) is 1. The van der Waals surface area contributed by atoms with Crippen molar-refractivity contribution in [3.63, 3.8) is 0 Å². The summed E-state index contributed by atoms with van der Waals surface area (Å²) in [4.78, 5) is 42.0. The number of amides is 4. The Morgan fingerprint density at radius 3 is 2.88 bits per heavy atom. The smallest absolute Gasteiger partial charge is 0.327 e. The molecule has 0 saturated carbocycles. The zero-order valence-corrected chi connectivity index (χ0v) is 14.1. The van der Waals surface area contributed by atoms with E-state index in [1.165, 1.54) is 23.3 Å². The number of carbonyl (C=O) groups excluding carboxylic acids is 3. The Kier molecular flexibility index (Phi) is 4.34. The Morgan fingerprint density at radius 1 is 1.42 bits per heavy atom. The Hall–Kier alpha value is -2.68. The molecule has 0 spiro atoms. The number of carbonyl (C=O) groups is 3. The van der Waals surface area contributed by atoms with Crippen molar-refractivity contribution in [3.8, 4) is 5.75 Å². The fourth-order valence-electron chi connectivity index (χ4n) is 2.34. The zero-order chi connectivity index (χ0) is 17.3. The van der Waals surface area contributed by atoms with Crippen LogP contribution in [0.25, 0.3) is 10.2 Å². The van der Waals surface area contributed by atoms with Gasteiger partial charge in [-0.05, 0) is 25.1 Å². The number of nitrogens with zero attached hydrogens (tertiary/aromatic N) is 3. The standard InChI is InChI=1S/C15H16N4O4S/c1-3-23-9-4-5-10-11(6-9)24-14(16-10)17-12(20)7-19-13(21)8-18(2)15(19)22/h4-6H,3,7-8H2,1-2H3,(H,16,17,20). The van der Waals surface area contributed by atoms with Crippen LogP contribution in [0.4, 0.5) is 9.93 Å². The lowest BCUT2D eigenvalue weighted by molar-refractivity contribution is -0.129. The minimum Gasteiger partial charge on any atom is -0.494 e. The number of thiazole rings is 1. The highest BCUT2D eigenvalue weighted by atomic mass is 32.1. The van der Waals surface area contributed by atoms with Crippen molar-refractivity contribution < 1.29 is 19.1 Å². The summed E-state index contributed by atoms with van der Waals surface area (Å²) in [5, 5.41) is 3.04. The maximum atomic E-state index is 12.1. The summed E-state index contributed by atoms with van der Waals surface area (Å²) in [6, 6.07) is 5.01. The van der Waals surface area contributed by atoms with Gasteiger partial charge in [-0.25, -0.2) is 9.78 Å². The van der Waals surface area contributed by atoms with E-state index >= 15 is 0 Å². The van der Waals surface area contributed by atoms with Crippen LogP contribution in [0.2, 0.25) is 0 Å². The first-order valence-corrected chi connectivity index (χ1v) is 8.18. The van der Waals surface area contributed by atoms with E-state index in [0.29, 0.717) is 11.7 Å². The molecule has 0 unspecified atom stereocenters. The van der Waals surface area contributed by atoms with Gasteiger partial charge >= 0.3 is 6.03 Å². The third-order valence-corrected chi connectivity index (χ3v) is 4.38. The molecule has 1 aliphatic heterocycles. The molecule has 126 valence electrons. The van der Waals surface area contributed by atoms with Gasteiger partial charge in [0.2, 0.25) is 5.91 Å². The SMILES string of the molecule is CCOc1ccc2nc(NC(=O)CN3C(=O)CN(C)C3=O)sc2c1. The van der Waals surface area contributed by atoms with Gasteiger partial charge < -0.3 is 15.0 Å². The molecule has 24 heavy (non-hydrogen) atoms. The van der Waals surface area contributed by atoms with Crippen LogP contribution in [-0.2, 0) is 9.59 Å². The highest BCUT2D eigenvalue weighted by Gasteiger charge is 2.34. The van der Waals surface area contributed by atoms with Crippen molar-refractivity contribution in [3.05, 3.63) is 18.2 Å². The number of aromatic nitrogens is 1. The van der Waals surface area contributed by atoms with Gasteiger partial charge in [0.25, 0.3) is 5.91 Å². The highest BCUT2D eigenvalue weighted by molar-refractivity contribution is 7.22. The van der Waals surface area contributed by atoms with Gasteiger partial charge in [0, 0.05) is 7.05 Å². The second kappa shape index (κ2) is 6.44. The van der Waals surface area contributed by atoms with Crippen LogP contribution in [-0.4, -0.2) is 59.4 Å². The molecule has 9 heteroatoms. The summed E-state index contributed by atoms with van der Waals surface area (Å²) in [7, 11) is 1.52. The number of rotatable bonds is 5. The molecule has 0 atom stereocenters. The average molecular weight is 348 g/mol. The topological polar surface area (TPSA) is 91.8 Å². The minimum atomic E-state index is -0.471. The molecule has 1 aromatic heterocycles. The molecule has 0 aliphatic carbocycles. The lowest BCUT2D eigenvalue weighted by atomic mass is 10.3. The summed E-state index contributed by atoms with van der Waals surface area (Å²) in [5.74, 6) is -0.109. The number of benzene rings is 1. The van der Waals surface area contributed by atoms with E-state index in [1.807, 2.05) is 25.1 Å². The van der Waals surface area contributed by atoms with Gasteiger partial charge in [-0.1, -0.05) is 11.3 Å². The molecule has 2 aromatic rings. The quantitative estimate of drug-likeness (QED) is 0.827. The largest absolute Gasteiger partial charge is 0.494 e. The maximum absolute atomic E-state index is 12.1. The number of ether oxygens (including phenoxy) is 1. The summed E-state index contributed by atoms with van der Waals surface area (Å²) in [5.41, 5.74) is 0.742. The first kappa shape index (κ1) is 16.2. The van der Waals surface area contributed by atoms with Crippen LogP contribution in [0.15, 0.2) is 18.2 Å². The van der Waals surface area contributed by atoms with Gasteiger partial charge in [-0.2, -0.15) is 0 Å². The van der Waals surface area contributed by atoms with Gasteiger partial charge in [0.15, 0.2) is 5.13 Å². The number of urea groups is 1. The fourth-order valence-corrected chi connectivity index (χ4v) is 3.25. The molecule has 1 saturated heterocycles. The van der Waals surface area contributed by atoms with Crippen molar-refractivity contribution in [2.45, 2.75) is 6.92 Å². The Bertz CT molecular complexity index is 819. The summed E-state index contributed by atoms with van der Waals surface area (Å²) >= 11 is 1.30. The monoisotopic (exact) mass is 348 g/mol. The van der Waals surface area contributed by atoms with Crippen molar-refractivity contribution in [2.75, 3.05) is 32.1 Å². The first-order valence-electron chi connectivity index (χ1n) is 7.36. The predicted octanol–water partition coefficient (Wildman–Crippen LogP) is 1.53. The van der Waals surface area contributed by atoms with Gasteiger partial charge in [0.05, 0.1) is 16.8 Å². The van der Waals surface area contributed by atoms with Crippen molar-refractivity contribution in [1.82, 2.24) is 14.8 Å². The Morgan fingerprint density at radius 2 is 2.21 bits per heavy atom. The first-order chi connectivity index (χ1) is 11.5. The normalized spacial score (nSPS) is 14.6. The molecule has 2 heterocycles. The van der Waals surface area contributed by atoms with Crippen LogP contribution >= 0.6 is 11.3 Å². The van der Waals surface area contributed by atoms with Crippen LogP contribution in [0.5, 0.6) is 5.75 Å². The van der Waals surface area contributed by atoms with E-state index in [1.54, 1.807) is 0 Å². The molecule has 8 nitrogen and oxygen atoms in total. The van der Waals surface area contributed by atoms with Gasteiger partial charge in [-0.15, -0.1) is 0 Å². The van der Waals surface area contributed by atoms with Crippen molar-refractivity contribution in [2.24, 2.45) is 0 Å². The predicted molar refractivity (Wildman–Crippen MR) is 89.2 cm³/mol. The van der Waals surface area contributed by atoms with Crippen LogP contribution in [0, 0.1) is 0 Å². The van der Waals surface area contributed by atoms with Gasteiger partial charge in [0.1, 0.15) is 18.8 Å². The zero-order valence-electron chi connectivity index (χ0n) is 13.2. The summed E-state index contributed by atoms with van der Waals surface area (Å²) in [6.45, 7) is 2.15. The number of imide groups is 1. The molecule has 1 aliphatic rings. The number of fused-ring (bicyclic) bond motifs is 1. The summed E-state index contributed by atoms with van der Waals surface area (Å²) in [6.07, 6.45) is 0. The Labute approximate surface area is 142 Å². The number of nitrogens with one attached hydrogen (secondary N) is 1. The molecule has 1 N–H and O–H groups in total. The lowest BCUT2D eigenvalue weighted by Crippen LogP contribution is -2.38.